The van der Waals surface area contributed by atoms with Crippen LogP contribution in [0, 0.1) is 0 Å². The molecule has 0 unspecified atom stereocenters. The normalized spacial score (nSPS) is 14.8. The Kier molecular flexibility index (Phi) is 8.81. The van der Waals surface area contributed by atoms with Crippen LogP contribution in [-0.2, 0) is 16.1 Å². The summed E-state index contributed by atoms with van der Waals surface area (Å²) in [5.74, 6) is -0.000111. The molecule has 5 nitrogen and oxygen atoms in total. The van der Waals surface area contributed by atoms with Crippen LogP contribution in [0.3, 0.4) is 0 Å². The summed E-state index contributed by atoms with van der Waals surface area (Å²) in [6, 6.07) is 12.5. The number of ether oxygens (including phenoxy) is 1. The summed E-state index contributed by atoms with van der Waals surface area (Å²) in [6.45, 7) is 1.86. The molecule has 31 heavy (non-hydrogen) atoms. The predicted molar refractivity (Wildman–Crippen MR) is 129 cm³/mol. The molecule has 0 saturated heterocycles. The van der Waals surface area contributed by atoms with Crippen molar-refractivity contribution in [3.05, 3.63) is 62.0 Å². The molecule has 0 aromatic heterocycles. The maximum Gasteiger partial charge on any atom is 0.261 e. The monoisotopic (exact) mass is 570 g/mol. The minimum absolute atomic E-state index is 0.140. The van der Waals surface area contributed by atoms with Gasteiger partial charge in [-0.15, -0.1) is 0 Å². The van der Waals surface area contributed by atoms with Crippen molar-refractivity contribution in [3.8, 4) is 5.75 Å². The molecule has 1 aliphatic rings. The number of nitrogens with zero attached hydrogens (tertiary/aromatic N) is 1. The third-order valence-corrected chi connectivity index (χ3v) is 6.70. The molecule has 0 heterocycles. The third kappa shape index (κ3) is 6.96. The van der Waals surface area contributed by atoms with Gasteiger partial charge in [-0.25, -0.2) is 0 Å². The Bertz CT molecular complexity index is 918. The zero-order chi connectivity index (χ0) is 22.4. The number of halogens is 3. The molecule has 2 aromatic carbocycles. The van der Waals surface area contributed by atoms with Gasteiger partial charge in [-0.1, -0.05) is 68.4 Å². The highest BCUT2D eigenvalue weighted by atomic mass is 79.9. The maximum atomic E-state index is 13.1. The van der Waals surface area contributed by atoms with Crippen molar-refractivity contribution in [1.29, 1.82) is 0 Å². The summed E-state index contributed by atoms with van der Waals surface area (Å²) in [4.78, 5) is 27.5. The van der Waals surface area contributed by atoms with Crippen molar-refractivity contribution >= 4 is 55.3 Å². The van der Waals surface area contributed by atoms with Gasteiger partial charge in [0.1, 0.15) is 11.8 Å². The van der Waals surface area contributed by atoms with E-state index in [4.69, 9.17) is 16.3 Å². The van der Waals surface area contributed by atoms with E-state index in [0.717, 1.165) is 40.2 Å². The molecule has 166 valence electrons. The second kappa shape index (κ2) is 11.3. The van der Waals surface area contributed by atoms with Crippen molar-refractivity contribution in [1.82, 2.24) is 10.2 Å². The van der Waals surface area contributed by atoms with Crippen LogP contribution in [0.2, 0.25) is 5.02 Å². The lowest BCUT2D eigenvalue weighted by molar-refractivity contribution is -0.142. The van der Waals surface area contributed by atoms with Crippen LogP contribution in [0.5, 0.6) is 5.75 Å². The van der Waals surface area contributed by atoms with E-state index in [2.05, 4.69) is 37.2 Å². The number of rotatable bonds is 8. The van der Waals surface area contributed by atoms with Gasteiger partial charge in [0.25, 0.3) is 5.91 Å². The summed E-state index contributed by atoms with van der Waals surface area (Å²) >= 11 is 13.0. The Morgan fingerprint density at radius 1 is 1.13 bits per heavy atom. The van der Waals surface area contributed by atoms with Crippen molar-refractivity contribution in [2.24, 2.45) is 0 Å². The standard InChI is InChI=1S/C23H25Br2ClN2O3/c1-15(23(30)27-19-4-2-3-5-19)28(13-16-6-8-17(24)9-7-16)22(29)14-31-21-11-10-18(25)12-20(21)26/h6-12,15,19H,2-5,13-14H2,1H3,(H,27,30)/t15-/m0/s1. The summed E-state index contributed by atoms with van der Waals surface area (Å²) in [6.07, 6.45) is 4.24. The predicted octanol–water partition coefficient (Wildman–Crippen LogP) is 5.72. The lowest BCUT2D eigenvalue weighted by Crippen LogP contribution is -2.50. The first kappa shape index (κ1) is 24.1. The number of hydrogen-bond acceptors (Lipinski definition) is 3. The third-order valence-electron chi connectivity index (χ3n) is 5.38. The molecule has 1 saturated carbocycles. The minimum atomic E-state index is -0.624. The van der Waals surface area contributed by atoms with E-state index < -0.39 is 6.04 Å². The van der Waals surface area contributed by atoms with Crippen molar-refractivity contribution < 1.29 is 14.3 Å². The Balaban J connectivity index is 1.72. The van der Waals surface area contributed by atoms with Crippen molar-refractivity contribution in [2.75, 3.05) is 6.61 Å². The van der Waals surface area contributed by atoms with Crippen LogP contribution in [0.4, 0.5) is 0 Å². The second-order valence-electron chi connectivity index (χ2n) is 7.68. The van der Waals surface area contributed by atoms with Gasteiger partial charge in [0, 0.05) is 21.5 Å². The highest BCUT2D eigenvalue weighted by Crippen LogP contribution is 2.28. The molecule has 1 fully saturated rings. The molecule has 1 aliphatic carbocycles. The maximum absolute atomic E-state index is 13.1. The van der Waals surface area contributed by atoms with E-state index in [1.165, 1.54) is 0 Å². The molecule has 1 N–H and O–H groups in total. The second-order valence-corrected chi connectivity index (χ2v) is 9.92. The summed E-state index contributed by atoms with van der Waals surface area (Å²) < 4.78 is 7.45. The van der Waals surface area contributed by atoms with Crippen LogP contribution in [-0.4, -0.2) is 35.4 Å². The van der Waals surface area contributed by atoms with Gasteiger partial charge in [-0.2, -0.15) is 0 Å². The molecule has 2 amide bonds. The summed E-state index contributed by atoms with van der Waals surface area (Å²) in [7, 11) is 0. The smallest absolute Gasteiger partial charge is 0.261 e. The molecule has 2 aromatic rings. The average Bonchev–Trinajstić information content (AvgIpc) is 3.25. The van der Waals surface area contributed by atoms with Crippen LogP contribution in [0.15, 0.2) is 51.4 Å². The molecular formula is C23H25Br2ClN2O3. The molecule has 0 bridgehead atoms. The van der Waals surface area contributed by atoms with Gasteiger partial charge in [-0.3, -0.25) is 9.59 Å². The number of benzene rings is 2. The first-order chi connectivity index (χ1) is 14.8. The molecule has 8 heteroatoms. The average molecular weight is 573 g/mol. The zero-order valence-electron chi connectivity index (χ0n) is 17.2. The summed E-state index contributed by atoms with van der Waals surface area (Å²) in [5.41, 5.74) is 0.929. The van der Waals surface area contributed by atoms with E-state index in [9.17, 15) is 9.59 Å². The fourth-order valence-corrected chi connectivity index (χ4v) is 4.57. The van der Waals surface area contributed by atoms with Gasteiger partial charge in [0.15, 0.2) is 6.61 Å². The quantitative estimate of drug-likeness (QED) is 0.440. The molecular weight excluding hydrogens is 548 g/mol. The number of nitrogens with one attached hydrogen (secondary N) is 1. The lowest BCUT2D eigenvalue weighted by Gasteiger charge is -2.29. The molecule has 0 spiro atoms. The fourth-order valence-electron chi connectivity index (χ4n) is 3.58. The molecule has 3 rings (SSSR count). The molecule has 0 aliphatic heterocycles. The fraction of sp³-hybridized carbons (Fsp3) is 0.391. The number of carbonyl (C=O) groups is 2. The van der Waals surface area contributed by atoms with Crippen molar-refractivity contribution in [3.63, 3.8) is 0 Å². The van der Waals surface area contributed by atoms with Crippen LogP contribution < -0.4 is 10.1 Å². The van der Waals surface area contributed by atoms with E-state index in [1.807, 2.05) is 24.3 Å². The summed E-state index contributed by atoms with van der Waals surface area (Å²) in [5, 5.41) is 3.50. The largest absolute Gasteiger partial charge is 0.482 e. The highest BCUT2D eigenvalue weighted by Gasteiger charge is 2.28. The van der Waals surface area contributed by atoms with E-state index in [0.29, 0.717) is 17.3 Å². The van der Waals surface area contributed by atoms with E-state index in [1.54, 1.807) is 30.0 Å². The Labute approximate surface area is 204 Å². The Morgan fingerprint density at radius 3 is 2.42 bits per heavy atom. The lowest BCUT2D eigenvalue weighted by atomic mass is 10.1. The van der Waals surface area contributed by atoms with Crippen molar-refractivity contribution in [2.45, 2.75) is 51.2 Å². The van der Waals surface area contributed by atoms with E-state index >= 15 is 0 Å². The van der Waals surface area contributed by atoms with Gasteiger partial charge < -0.3 is 15.0 Å². The highest BCUT2D eigenvalue weighted by molar-refractivity contribution is 9.10. The Hall–Kier alpha value is -1.57. The number of amides is 2. The number of carbonyl (C=O) groups excluding carboxylic acids is 2. The van der Waals surface area contributed by atoms with Gasteiger partial charge in [0.05, 0.1) is 5.02 Å². The van der Waals surface area contributed by atoms with Crippen LogP contribution in [0.25, 0.3) is 0 Å². The van der Waals surface area contributed by atoms with E-state index in [-0.39, 0.29) is 24.5 Å². The molecule has 1 atom stereocenters. The van der Waals surface area contributed by atoms with Crippen LogP contribution in [0.1, 0.15) is 38.2 Å². The number of hydrogen-bond donors (Lipinski definition) is 1. The SMILES string of the molecule is C[C@@H](C(=O)NC1CCCC1)N(Cc1ccc(Br)cc1)C(=O)COc1ccc(Br)cc1Cl. The first-order valence-electron chi connectivity index (χ1n) is 10.3. The first-order valence-corrected chi connectivity index (χ1v) is 12.2. The minimum Gasteiger partial charge on any atom is -0.482 e. The topological polar surface area (TPSA) is 58.6 Å². The van der Waals surface area contributed by atoms with Gasteiger partial charge in [0.2, 0.25) is 5.91 Å². The van der Waals surface area contributed by atoms with Crippen LogP contribution >= 0.6 is 43.5 Å². The van der Waals surface area contributed by atoms with Gasteiger partial charge in [-0.05, 0) is 55.7 Å². The Morgan fingerprint density at radius 2 is 1.77 bits per heavy atom. The molecule has 0 radical (unpaired) electrons. The van der Waals surface area contributed by atoms with Gasteiger partial charge >= 0.3 is 0 Å². The zero-order valence-corrected chi connectivity index (χ0v) is 21.2.